The number of esters is 1. The number of nitrogens with one attached hydrogen (secondary N) is 1. The summed E-state index contributed by atoms with van der Waals surface area (Å²) in [6.07, 6.45) is 1.81. The number of pyridine rings is 1. The van der Waals surface area contributed by atoms with Gasteiger partial charge in [0.1, 0.15) is 0 Å². The summed E-state index contributed by atoms with van der Waals surface area (Å²) in [5, 5.41) is 4.18. The van der Waals surface area contributed by atoms with Crippen LogP contribution in [0.2, 0.25) is 0 Å². The van der Waals surface area contributed by atoms with Crippen LogP contribution in [0.5, 0.6) is 0 Å². The summed E-state index contributed by atoms with van der Waals surface area (Å²) in [5.41, 5.74) is 7.44. The highest BCUT2D eigenvalue weighted by Crippen LogP contribution is 2.44. The fourth-order valence-corrected chi connectivity index (χ4v) is 5.62. The maximum Gasteiger partial charge on any atom is 0.339 e. The molecule has 0 bridgehead atoms. The van der Waals surface area contributed by atoms with Crippen LogP contribution in [0, 0.1) is 13.8 Å². The molecule has 194 valence electrons. The molecule has 2 aromatic heterocycles. The summed E-state index contributed by atoms with van der Waals surface area (Å²) in [6, 6.07) is 23.7. The van der Waals surface area contributed by atoms with E-state index in [9.17, 15) is 4.79 Å². The number of rotatable bonds is 6. The van der Waals surface area contributed by atoms with E-state index >= 15 is 0 Å². The van der Waals surface area contributed by atoms with E-state index in [-0.39, 0.29) is 18.1 Å². The van der Waals surface area contributed by atoms with Crippen molar-refractivity contribution in [3.05, 3.63) is 107 Å². The van der Waals surface area contributed by atoms with Crippen molar-refractivity contribution >= 4 is 34.7 Å². The molecule has 2 unspecified atom stereocenters. The Kier molecular flexibility index (Phi) is 6.91. The average molecular weight is 526 g/mol. The van der Waals surface area contributed by atoms with E-state index < -0.39 is 0 Å². The molecule has 1 fully saturated rings. The second-order valence-corrected chi connectivity index (χ2v) is 9.96. The SMILES string of the molecule is COC(=O)c1ccccc1-n1c(C)cc(C2C(c3ccccn3)NC(=S)N2c2ccc(N(C)C)cc2)c1C. The van der Waals surface area contributed by atoms with E-state index in [4.69, 9.17) is 17.0 Å². The number of hydrogen-bond donors (Lipinski definition) is 1. The highest BCUT2D eigenvalue weighted by molar-refractivity contribution is 7.80. The van der Waals surface area contributed by atoms with E-state index in [1.807, 2.05) is 56.7 Å². The third kappa shape index (κ3) is 4.41. The van der Waals surface area contributed by atoms with Gasteiger partial charge >= 0.3 is 5.97 Å². The first-order chi connectivity index (χ1) is 18.3. The average Bonchev–Trinajstić information content (AvgIpc) is 3.43. The third-order valence-corrected chi connectivity index (χ3v) is 7.40. The number of methoxy groups -OCH3 is 1. The molecule has 38 heavy (non-hydrogen) atoms. The first kappa shape index (κ1) is 25.5. The molecule has 4 aromatic rings. The van der Waals surface area contributed by atoms with Crippen LogP contribution in [0.1, 0.15) is 45.1 Å². The monoisotopic (exact) mass is 525 g/mol. The maximum absolute atomic E-state index is 12.6. The molecule has 1 N–H and O–H groups in total. The van der Waals surface area contributed by atoms with Gasteiger partial charge in [0.25, 0.3) is 0 Å². The molecule has 1 aliphatic rings. The number of aryl methyl sites for hydroxylation is 1. The van der Waals surface area contributed by atoms with Crippen LogP contribution in [0.15, 0.2) is 79.0 Å². The molecule has 0 saturated carbocycles. The number of para-hydroxylation sites is 1. The molecule has 0 radical (unpaired) electrons. The van der Waals surface area contributed by atoms with Gasteiger partial charge in [-0.2, -0.15) is 0 Å². The van der Waals surface area contributed by atoms with E-state index in [1.165, 1.54) is 7.11 Å². The van der Waals surface area contributed by atoms with Crippen molar-refractivity contribution in [3.63, 3.8) is 0 Å². The number of carbonyl (C=O) groups excluding carboxylic acids is 1. The van der Waals surface area contributed by atoms with Crippen molar-refractivity contribution in [3.8, 4) is 5.69 Å². The van der Waals surface area contributed by atoms with Gasteiger partial charge < -0.3 is 24.4 Å². The Labute approximate surface area is 228 Å². The third-order valence-electron chi connectivity index (χ3n) is 7.08. The summed E-state index contributed by atoms with van der Waals surface area (Å²) in [4.78, 5) is 21.5. The molecule has 3 heterocycles. The number of ether oxygens (including phenoxy) is 1. The van der Waals surface area contributed by atoms with Crippen molar-refractivity contribution in [2.75, 3.05) is 31.0 Å². The Morgan fingerprint density at radius 1 is 1.03 bits per heavy atom. The molecule has 0 aliphatic carbocycles. The number of aromatic nitrogens is 2. The number of anilines is 2. The predicted molar refractivity (Wildman–Crippen MR) is 155 cm³/mol. The Morgan fingerprint density at radius 3 is 2.39 bits per heavy atom. The highest BCUT2D eigenvalue weighted by Gasteiger charge is 2.42. The molecule has 0 spiro atoms. The molecular formula is C30H31N5O2S. The Balaban J connectivity index is 1.68. The van der Waals surface area contributed by atoms with Crippen LogP contribution in [-0.4, -0.2) is 41.8 Å². The lowest BCUT2D eigenvalue weighted by Gasteiger charge is -2.28. The van der Waals surface area contributed by atoms with Crippen LogP contribution in [0.3, 0.4) is 0 Å². The number of carbonyl (C=O) groups is 1. The fraction of sp³-hybridized carbons (Fsp3) is 0.233. The summed E-state index contributed by atoms with van der Waals surface area (Å²) < 4.78 is 7.19. The largest absolute Gasteiger partial charge is 0.465 e. The number of nitrogens with zero attached hydrogens (tertiary/aromatic N) is 4. The second kappa shape index (κ2) is 10.3. The van der Waals surface area contributed by atoms with E-state index in [1.54, 1.807) is 6.07 Å². The summed E-state index contributed by atoms with van der Waals surface area (Å²) in [6.45, 7) is 4.14. The summed E-state index contributed by atoms with van der Waals surface area (Å²) in [7, 11) is 5.46. The van der Waals surface area contributed by atoms with E-state index in [0.29, 0.717) is 10.7 Å². The zero-order valence-electron chi connectivity index (χ0n) is 22.2. The van der Waals surface area contributed by atoms with Crippen molar-refractivity contribution in [1.29, 1.82) is 0 Å². The van der Waals surface area contributed by atoms with Crippen LogP contribution in [0.4, 0.5) is 11.4 Å². The number of benzene rings is 2. The van der Waals surface area contributed by atoms with Crippen LogP contribution in [-0.2, 0) is 4.74 Å². The number of hydrogen-bond acceptors (Lipinski definition) is 5. The minimum Gasteiger partial charge on any atom is -0.465 e. The standard InChI is InChI=1S/C30H31N5O2S/c1-19-18-24(20(2)34(19)26-12-7-6-10-23(26)29(36)37-5)28-27(25-11-8-9-17-31-25)32-30(38)35(28)22-15-13-21(14-16-22)33(3)4/h6-18,27-28H,1-5H3,(H,32,38). The molecule has 2 atom stereocenters. The minimum absolute atomic E-state index is 0.159. The quantitative estimate of drug-likeness (QED) is 0.263. The first-order valence-corrected chi connectivity index (χ1v) is 12.9. The second-order valence-electron chi connectivity index (χ2n) is 9.58. The topological polar surface area (TPSA) is 62.6 Å². The zero-order valence-corrected chi connectivity index (χ0v) is 23.0. The molecule has 8 heteroatoms. The Hall–Kier alpha value is -4.17. The fourth-order valence-electron chi connectivity index (χ4n) is 5.27. The van der Waals surface area contributed by atoms with Gasteiger partial charge in [-0.1, -0.05) is 18.2 Å². The van der Waals surface area contributed by atoms with Gasteiger partial charge in [-0.05, 0) is 86.2 Å². The molecule has 1 saturated heterocycles. The lowest BCUT2D eigenvalue weighted by Crippen LogP contribution is -2.29. The van der Waals surface area contributed by atoms with Crippen molar-refractivity contribution in [1.82, 2.24) is 14.9 Å². The van der Waals surface area contributed by atoms with Gasteiger partial charge in [0, 0.05) is 43.1 Å². The van der Waals surface area contributed by atoms with E-state index in [0.717, 1.165) is 39.7 Å². The predicted octanol–water partition coefficient (Wildman–Crippen LogP) is 5.52. The van der Waals surface area contributed by atoms with Gasteiger partial charge in [-0.3, -0.25) is 4.98 Å². The lowest BCUT2D eigenvalue weighted by molar-refractivity contribution is 0.0600. The lowest BCUT2D eigenvalue weighted by atomic mass is 9.96. The summed E-state index contributed by atoms with van der Waals surface area (Å²) >= 11 is 5.92. The van der Waals surface area contributed by atoms with Crippen molar-refractivity contribution in [2.24, 2.45) is 0 Å². The maximum atomic E-state index is 12.6. The van der Waals surface area contributed by atoms with Gasteiger partial charge in [-0.15, -0.1) is 0 Å². The van der Waals surface area contributed by atoms with Crippen molar-refractivity contribution < 1.29 is 9.53 Å². The van der Waals surface area contributed by atoms with Gasteiger partial charge in [0.2, 0.25) is 0 Å². The molecule has 2 aromatic carbocycles. The van der Waals surface area contributed by atoms with Gasteiger partial charge in [0.05, 0.1) is 36.1 Å². The normalized spacial score (nSPS) is 16.9. The summed E-state index contributed by atoms with van der Waals surface area (Å²) in [5.74, 6) is -0.368. The van der Waals surface area contributed by atoms with E-state index in [2.05, 4.69) is 68.8 Å². The van der Waals surface area contributed by atoms with Gasteiger partial charge in [0.15, 0.2) is 5.11 Å². The smallest absolute Gasteiger partial charge is 0.339 e. The molecular weight excluding hydrogens is 494 g/mol. The molecule has 0 amide bonds. The Bertz CT molecular complexity index is 1480. The first-order valence-electron chi connectivity index (χ1n) is 12.5. The van der Waals surface area contributed by atoms with Crippen LogP contribution < -0.4 is 15.1 Å². The number of thiocarbonyl (C=S) groups is 1. The van der Waals surface area contributed by atoms with Crippen LogP contribution >= 0.6 is 12.2 Å². The van der Waals surface area contributed by atoms with Gasteiger partial charge in [-0.25, -0.2) is 4.79 Å². The minimum atomic E-state index is -0.368. The Morgan fingerprint density at radius 2 is 1.74 bits per heavy atom. The molecule has 7 nitrogen and oxygen atoms in total. The highest BCUT2D eigenvalue weighted by atomic mass is 32.1. The zero-order chi connectivity index (χ0) is 27.0. The van der Waals surface area contributed by atoms with Crippen molar-refractivity contribution in [2.45, 2.75) is 25.9 Å². The molecule has 1 aliphatic heterocycles. The van der Waals surface area contributed by atoms with Crippen LogP contribution in [0.25, 0.3) is 5.69 Å². The molecule has 5 rings (SSSR count).